The molecule has 2 aromatic carbocycles. The lowest BCUT2D eigenvalue weighted by Gasteiger charge is -2.36. The molecule has 0 aliphatic carbocycles. The van der Waals surface area contributed by atoms with E-state index in [2.05, 4.69) is 10.6 Å². The molecule has 3 rings (SSSR count). The molecule has 1 heterocycles. The first-order chi connectivity index (χ1) is 14.8. The number of fused-ring (bicyclic) bond motifs is 1. The van der Waals surface area contributed by atoms with Gasteiger partial charge in [-0.3, -0.25) is 19.7 Å². The highest BCUT2D eigenvalue weighted by Crippen LogP contribution is 2.19. The third kappa shape index (κ3) is 5.88. The van der Waals surface area contributed by atoms with Gasteiger partial charge >= 0.3 is 5.97 Å². The first-order valence-electron chi connectivity index (χ1n) is 10.1. The van der Waals surface area contributed by atoms with Crippen molar-refractivity contribution in [3.05, 3.63) is 54.1 Å². The number of esters is 1. The molecule has 2 N–H and O–H groups in total. The van der Waals surface area contributed by atoms with Crippen molar-refractivity contribution in [2.24, 2.45) is 0 Å². The molecule has 8 heteroatoms. The summed E-state index contributed by atoms with van der Waals surface area (Å²) in [6.07, 6.45) is 2.70. The second kappa shape index (κ2) is 10.2. The van der Waals surface area contributed by atoms with Gasteiger partial charge in [-0.1, -0.05) is 42.5 Å². The first-order valence-corrected chi connectivity index (χ1v) is 10.5. The predicted octanol–water partition coefficient (Wildman–Crippen LogP) is 2.40. The molecular weight excluding hydrogens is 414 g/mol. The minimum absolute atomic E-state index is 0.102. The number of hydrogen-bond acceptors (Lipinski definition) is 5. The zero-order chi connectivity index (χ0) is 22.4. The molecule has 0 saturated carbocycles. The van der Waals surface area contributed by atoms with E-state index in [9.17, 15) is 14.4 Å². The van der Waals surface area contributed by atoms with Crippen LogP contribution in [-0.2, 0) is 19.1 Å². The number of benzene rings is 2. The Morgan fingerprint density at radius 2 is 2.00 bits per heavy atom. The molecule has 0 spiro atoms. The number of thiocarbonyl (C=S) groups is 1. The quantitative estimate of drug-likeness (QED) is 0.423. The highest BCUT2D eigenvalue weighted by atomic mass is 32.1. The Bertz CT molecular complexity index is 1030. The van der Waals surface area contributed by atoms with Crippen molar-refractivity contribution in [3.63, 3.8) is 0 Å². The fourth-order valence-electron chi connectivity index (χ4n) is 3.41. The van der Waals surface area contributed by atoms with Gasteiger partial charge in [-0.05, 0) is 48.5 Å². The van der Waals surface area contributed by atoms with Gasteiger partial charge in [-0.2, -0.15) is 0 Å². The van der Waals surface area contributed by atoms with Gasteiger partial charge in [0.05, 0.1) is 12.5 Å². The lowest BCUT2D eigenvalue weighted by molar-refractivity contribution is -0.150. The Morgan fingerprint density at radius 1 is 1.26 bits per heavy atom. The highest BCUT2D eigenvalue weighted by molar-refractivity contribution is 7.80. The van der Waals surface area contributed by atoms with E-state index >= 15 is 0 Å². The molecule has 1 aliphatic heterocycles. The van der Waals surface area contributed by atoms with Crippen LogP contribution in [0, 0.1) is 0 Å². The maximum Gasteiger partial charge on any atom is 0.308 e. The standard InChI is InChI=1S/C23H25N3O4S/c1-15(2)30-21(28)14-19-22(29)24-12-13-26(19)23(31)25-20(27)11-10-17-8-5-7-16-6-3-4-9-18(16)17/h3-11,15,19H,12-14H2,1-2H3,(H,24,29)(H,25,27,31). The molecule has 1 aliphatic rings. The molecule has 1 saturated heterocycles. The number of carbonyl (C=O) groups excluding carboxylic acids is 3. The lowest BCUT2D eigenvalue weighted by Crippen LogP contribution is -2.60. The summed E-state index contributed by atoms with van der Waals surface area (Å²) in [5.41, 5.74) is 0.908. The smallest absolute Gasteiger partial charge is 0.308 e. The molecule has 0 radical (unpaired) electrons. The summed E-state index contributed by atoms with van der Waals surface area (Å²) in [5, 5.41) is 7.57. The summed E-state index contributed by atoms with van der Waals surface area (Å²) >= 11 is 5.36. The highest BCUT2D eigenvalue weighted by Gasteiger charge is 2.34. The van der Waals surface area contributed by atoms with Crippen LogP contribution in [0.5, 0.6) is 0 Å². The molecule has 7 nitrogen and oxygen atoms in total. The minimum atomic E-state index is -0.824. The van der Waals surface area contributed by atoms with E-state index in [4.69, 9.17) is 17.0 Å². The minimum Gasteiger partial charge on any atom is -0.463 e. The lowest BCUT2D eigenvalue weighted by atomic mass is 10.0. The summed E-state index contributed by atoms with van der Waals surface area (Å²) in [6.45, 7) is 4.24. The summed E-state index contributed by atoms with van der Waals surface area (Å²) in [6, 6.07) is 12.9. The second-order valence-electron chi connectivity index (χ2n) is 7.44. The monoisotopic (exact) mass is 439 g/mol. The van der Waals surface area contributed by atoms with Crippen molar-refractivity contribution in [3.8, 4) is 0 Å². The van der Waals surface area contributed by atoms with Gasteiger partial charge in [-0.15, -0.1) is 0 Å². The van der Waals surface area contributed by atoms with Crippen LogP contribution in [0.1, 0.15) is 25.8 Å². The Balaban J connectivity index is 1.67. The molecule has 0 bridgehead atoms. The second-order valence-corrected chi connectivity index (χ2v) is 7.83. The van der Waals surface area contributed by atoms with Crippen molar-refractivity contribution in [2.75, 3.05) is 13.1 Å². The number of carbonyl (C=O) groups is 3. The van der Waals surface area contributed by atoms with E-state index < -0.39 is 17.9 Å². The van der Waals surface area contributed by atoms with E-state index in [-0.39, 0.29) is 23.5 Å². The van der Waals surface area contributed by atoms with E-state index in [1.165, 1.54) is 6.08 Å². The maximum absolute atomic E-state index is 12.5. The third-order valence-electron chi connectivity index (χ3n) is 4.79. The van der Waals surface area contributed by atoms with Crippen molar-refractivity contribution >= 4 is 52.0 Å². The number of ether oxygens (including phenoxy) is 1. The van der Waals surface area contributed by atoms with Gasteiger partial charge in [0.15, 0.2) is 5.11 Å². The van der Waals surface area contributed by atoms with E-state index in [0.717, 1.165) is 16.3 Å². The van der Waals surface area contributed by atoms with E-state index in [1.807, 2.05) is 42.5 Å². The molecule has 31 heavy (non-hydrogen) atoms. The van der Waals surface area contributed by atoms with Crippen molar-refractivity contribution < 1.29 is 19.1 Å². The molecule has 0 aromatic heterocycles. The molecule has 2 aromatic rings. The zero-order valence-corrected chi connectivity index (χ0v) is 18.3. The van der Waals surface area contributed by atoms with Gasteiger partial charge in [-0.25, -0.2) is 0 Å². The number of rotatable bonds is 5. The van der Waals surface area contributed by atoms with Crippen LogP contribution in [0.15, 0.2) is 48.5 Å². The van der Waals surface area contributed by atoms with Crippen LogP contribution < -0.4 is 10.6 Å². The Morgan fingerprint density at radius 3 is 2.77 bits per heavy atom. The average molecular weight is 440 g/mol. The first kappa shape index (κ1) is 22.4. The number of piperazine rings is 1. The van der Waals surface area contributed by atoms with Gasteiger partial charge in [0, 0.05) is 19.2 Å². The largest absolute Gasteiger partial charge is 0.463 e. The molecule has 1 fully saturated rings. The molecule has 162 valence electrons. The van der Waals surface area contributed by atoms with E-state index in [0.29, 0.717) is 13.1 Å². The van der Waals surface area contributed by atoms with Crippen LogP contribution in [0.3, 0.4) is 0 Å². The Kier molecular flexibility index (Phi) is 7.36. The van der Waals surface area contributed by atoms with Gasteiger partial charge in [0.25, 0.3) is 0 Å². The summed E-state index contributed by atoms with van der Waals surface area (Å²) < 4.78 is 5.15. The van der Waals surface area contributed by atoms with Crippen molar-refractivity contribution in [1.29, 1.82) is 0 Å². The molecular formula is C23H25N3O4S. The van der Waals surface area contributed by atoms with Crippen LogP contribution in [-0.4, -0.2) is 53.0 Å². The van der Waals surface area contributed by atoms with Crippen molar-refractivity contribution in [1.82, 2.24) is 15.5 Å². The van der Waals surface area contributed by atoms with Crippen LogP contribution in [0.25, 0.3) is 16.8 Å². The number of nitrogens with zero attached hydrogens (tertiary/aromatic N) is 1. The average Bonchev–Trinajstić information content (AvgIpc) is 2.73. The topological polar surface area (TPSA) is 87.7 Å². The number of nitrogens with one attached hydrogen (secondary N) is 2. The normalized spacial score (nSPS) is 16.4. The maximum atomic E-state index is 12.5. The van der Waals surface area contributed by atoms with E-state index in [1.54, 1.807) is 24.8 Å². The fourth-order valence-corrected chi connectivity index (χ4v) is 3.73. The molecule has 1 unspecified atom stereocenters. The summed E-state index contributed by atoms with van der Waals surface area (Å²) in [4.78, 5) is 38.4. The predicted molar refractivity (Wildman–Crippen MR) is 123 cm³/mol. The SMILES string of the molecule is CC(C)OC(=O)CC1C(=O)NCCN1C(=S)NC(=O)C=Cc1cccc2ccccc12. The zero-order valence-electron chi connectivity index (χ0n) is 17.5. The summed E-state index contributed by atoms with van der Waals surface area (Å²) in [7, 11) is 0. The summed E-state index contributed by atoms with van der Waals surface area (Å²) in [5.74, 6) is -1.23. The van der Waals surface area contributed by atoms with Gasteiger partial charge in [0.1, 0.15) is 6.04 Å². The van der Waals surface area contributed by atoms with Gasteiger partial charge < -0.3 is 15.0 Å². The van der Waals surface area contributed by atoms with Crippen LogP contribution in [0.2, 0.25) is 0 Å². The third-order valence-corrected chi connectivity index (χ3v) is 5.12. The Hall–Kier alpha value is -3.26. The number of amides is 2. The van der Waals surface area contributed by atoms with Crippen molar-refractivity contribution in [2.45, 2.75) is 32.4 Å². The Labute approximate surface area is 186 Å². The molecule has 2 amide bonds. The fraction of sp³-hybridized carbons (Fsp3) is 0.304. The molecule has 1 atom stereocenters. The van der Waals surface area contributed by atoms with Gasteiger partial charge in [0.2, 0.25) is 11.8 Å². The van der Waals surface area contributed by atoms with Crippen LogP contribution in [0.4, 0.5) is 0 Å². The number of hydrogen-bond donors (Lipinski definition) is 2. The van der Waals surface area contributed by atoms with Crippen LogP contribution >= 0.6 is 12.2 Å².